The summed E-state index contributed by atoms with van der Waals surface area (Å²) >= 11 is 0. The molecule has 3 aromatic rings. The van der Waals surface area contributed by atoms with Gasteiger partial charge in [-0.15, -0.1) is 0 Å². The number of nitrogens with one attached hydrogen (secondary N) is 2. The quantitative estimate of drug-likeness (QED) is 0.560. The lowest BCUT2D eigenvalue weighted by molar-refractivity contribution is -0.118. The minimum atomic E-state index is -0.264. The van der Waals surface area contributed by atoms with Gasteiger partial charge < -0.3 is 20.1 Å². The van der Waals surface area contributed by atoms with Crippen LogP contribution >= 0.6 is 0 Å². The van der Waals surface area contributed by atoms with Crippen LogP contribution in [0.2, 0.25) is 0 Å². The van der Waals surface area contributed by atoms with Crippen molar-refractivity contribution in [3.63, 3.8) is 0 Å². The van der Waals surface area contributed by atoms with E-state index in [1.807, 2.05) is 54.6 Å². The predicted molar refractivity (Wildman–Crippen MR) is 131 cm³/mol. The molecule has 0 saturated carbocycles. The van der Waals surface area contributed by atoms with Gasteiger partial charge in [0.15, 0.2) is 0 Å². The first-order valence-corrected chi connectivity index (χ1v) is 11.4. The fourth-order valence-electron chi connectivity index (χ4n) is 4.57. The molecule has 2 bridgehead atoms. The van der Waals surface area contributed by atoms with Gasteiger partial charge in [0.2, 0.25) is 5.91 Å². The Kier molecular flexibility index (Phi) is 6.29. The number of amides is 2. The van der Waals surface area contributed by atoms with Gasteiger partial charge in [-0.05, 0) is 47.9 Å². The van der Waals surface area contributed by atoms with E-state index in [9.17, 15) is 9.59 Å². The number of likely N-dealkylation sites (tertiary alicyclic amines) is 1. The number of anilines is 2. The van der Waals surface area contributed by atoms with E-state index in [4.69, 9.17) is 9.47 Å². The summed E-state index contributed by atoms with van der Waals surface area (Å²) in [6.45, 7) is 1.75. The number of rotatable bonds is 7. The van der Waals surface area contributed by atoms with Crippen LogP contribution in [0.25, 0.3) is 11.1 Å². The average Bonchev–Trinajstić information content (AvgIpc) is 3.48. The van der Waals surface area contributed by atoms with Crippen LogP contribution in [0, 0.1) is 0 Å². The van der Waals surface area contributed by atoms with Gasteiger partial charge in [0.05, 0.1) is 32.1 Å². The van der Waals surface area contributed by atoms with Gasteiger partial charge in [-0.25, -0.2) is 0 Å². The smallest absolute Gasteiger partial charge is 0.255 e. The summed E-state index contributed by atoms with van der Waals surface area (Å²) in [7, 11) is 1.54. The third kappa shape index (κ3) is 4.81. The molecular weight excluding hydrogens is 430 g/mol. The summed E-state index contributed by atoms with van der Waals surface area (Å²) in [5.41, 5.74) is 3.78. The summed E-state index contributed by atoms with van der Waals surface area (Å²) in [5, 5.41) is 5.82. The molecule has 2 atom stereocenters. The van der Waals surface area contributed by atoms with Crippen molar-refractivity contribution in [2.75, 3.05) is 37.4 Å². The highest BCUT2D eigenvalue weighted by atomic mass is 16.5. The van der Waals surface area contributed by atoms with Gasteiger partial charge in [-0.1, -0.05) is 42.5 Å². The summed E-state index contributed by atoms with van der Waals surface area (Å²) < 4.78 is 11.0. The molecule has 0 aromatic heterocycles. The minimum absolute atomic E-state index is 0.139. The maximum Gasteiger partial charge on any atom is 0.255 e. The van der Waals surface area contributed by atoms with Gasteiger partial charge in [-0.3, -0.25) is 14.5 Å². The highest BCUT2D eigenvalue weighted by molar-refractivity contribution is 6.06. The largest absolute Gasteiger partial charge is 0.495 e. The molecule has 2 N–H and O–H groups in total. The molecule has 34 heavy (non-hydrogen) atoms. The van der Waals surface area contributed by atoms with Crippen LogP contribution in [-0.4, -0.2) is 55.7 Å². The average molecular weight is 458 g/mol. The predicted octanol–water partition coefficient (Wildman–Crippen LogP) is 4.03. The van der Waals surface area contributed by atoms with E-state index in [0.717, 1.165) is 24.1 Å². The maximum absolute atomic E-state index is 12.9. The van der Waals surface area contributed by atoms with E-state index in [2.05, 4.69) is 15.5 Å². The third-order valence-corrected chi connectivity index (χ3v) is 6.35. The van der Waals surface area contributed by atoms with Gasteiger partial charge in [0, 0.05) is 23.8 Å². The molecule has 0 radical (unpaired) electrons. The normalized spacial score (nSPS) is 19.1. The summed E-state index contributed by atoms with van der Waals surface area (Å²) in [5.74, 6) is 0.0999. The number of ether oxygens (including phenoxy) is 2. The van der Waals surface area contributed by atoms with Crippen LogP contribution in [0.1, 0.15) is 16.8 Å². The standard InChI is InChI=1S/C27H27N3O4/c1-33-25-12-9-20(13-24(25)29-26(31)16-30-15-23-14-22(30)17-34-23)27(32)28-21-10-7-19(8-11-21)18-5-3-2-4-6-18/h2-13,22-23H,14-17H2,1H3,(H,28,32)(H,29,31)/t22-,23-/m1/s1. The Balaban J connectivity index is 1.25. The van der Waals surface area contributed by atoms with Gasteiger partial charge in [0.25, 0.3) is 5.91 Å². The molecule has 2 heterocycles. The number of hydrogen-bond acceptors (Lipinski definition) is 5. The second-order valence-electron chi connectivity index (χ2n) is 8.64. The van der Waals surface area contributed by atoms with Crippen LogP contribution in [0.5, 0.6) is 5.75 Å². The van der Waals surface area contributed by atoms with Crippen LogP contribution in [-0.2, 0) is 9.53 Å². The maximum atomic E-state index is 12.9. The summed E-state index contributed by atoms with van der Waals surface area (Å²) in [6.07, 6.45) is 1.22. The Hall–Kier alpha value is -3.68. The van der Waals surface area contributed by atoms with Gasteiger partial charge in [-0.2, -0.15) is 0 Å². The molecule has 3 aromatic carbocycles. The second-order valence-corrected chi connectivity index (χ2v) is 8.64. The number of fused-ring (bicyclic) bond motifs is 2. The van der Waals surface area contributed by atoms with Crippen LogP contribution < -0.4 is 15.4 Å². The molecule has 2 aliphatic rings. The first-order valence-electron chi connectivity index (χ1n) is 11.4. The second kappa shape index (κ2) is 9.67. The number of morpholine rings is 1. The van der Waals surface area contributed by atoms with E-state index < -0.39 is 0 Å². The molecule has 0 unspecified atom stereocenters. The Morgan fingerprint density at radius 1 is 1.00 bits per heavy atom. The highest BCUT2D eigenvalue weighted by Crippen LogP contribution is 2.29. The number of carbonyl (C=O) groups is 2. The van der Waals surface area contributed by atoms with E-state index in [0.29, 0.717) is 35.3 Å². The summed E-state index contributed by atoms with van der Waals surface area (Å²) in [6, 6.07) is 23.1. The zero-order valence-corrected chi connectivity index (χ0v) is 19.0. The highest BCUT2D eigenvalue weighted by Gasteiger charge is 2.39. The van der Waals surface area contributed by atoms with E-state index in [-0.39, 0.29) is 24.5 Å². The van der Waals surface area contributed by atoms with Gasteiger partial charge >= 0.3 is 0 Å². The topological polar surface area (TPSA) is 79.9 Å². The molecule has 2 aliphatic heterocycles. The first kappa shape index (κ1) is 22.1. The molecule has 7 nitrogen and oxygen atoms in total. The van der Waals surface area contributed by atoms with Crippen LogP contribution in [0.3, 0.4) is 0 Å². The number of hydrogen-bond donors (Lipinski definition) is 2. The number of nitrogens with zero attached hydrogens (tertiary/aromatic N) is 1. The summed E-state index contributed by atoms with van der Waals surface area (Å²) in [4.78, 5) is 27.7. The lowest BCUT2D eigenvalue weighted by Crippen LogP contribution is -2.41. The molecular formula is C27H27N3O4. The lowest BCUT2D eigenvalue weighted by atomic mass is 10.1. The lowest BCUT2D eigenvalue weighted by Gasteiger charge is -2.26. The SMILES string of the molecule is COc1ccc(C(=O)Nc2ccc(-c3ccccc3)cc2)cc1NC(=O)CN1C[C@H]2C[C@@H]1CO2. The molecule has 0 aliphatic carbocycles. The molecule has 174 valence electrons. The molecule has 5 rings (SSSR count). The Morgan fingerprint density at radius 3 is 2.44 bits per heavy atom. The Labute approximate surface area is 198 Å². The number of methoxy groups -OCH3 is 1. The minimum Gasteiger partial charge on any atom is -0.495 e. The molecule has 7 heteroatoms. The Morgan fingerprint density at radius 2 is 1.76 bits per heavy atom. The van der Waals surface area contributed by atoms with E-state index in [1.165, 1.54) is 7.11 Å². The van der Waals surface area contributed by atoms with Gasteiger partial charge in [0.1, 0.15) is 5.75 Å². The molecule has 2 saturated heterocycles. The number of benzene rings is 3. The molecule has 2 amide bonds. The number of carbonyl (C=O) groups excluding carboxylic acids is 2. The van der Waals surface area contributed by atoms with Crippen molar-refractivity contribution >= 4 is 23.2 Å². The van der Waals surface area contributed by atoms with Crippen molar-refractivity contribution in [1.82, 2.24) is 4.90 Å². The zero-order chi connectivity index (χ0) is 23.5. The molecule has 2 fully saturated rings. The Bertz CT molecular complexity index is 1180. The fraction of sp³-hybridized carbons (Fsp3) is 0.259. The fourth-order valence-corrected chi connectivity index (χ4v) is 4.57. The van der Waals surface area contributed by atoms with Crippen LogP contribution in [0.4, 0.5) is 11.4 Å². The van der Waals surface area contributed by atoms with Crippen LogP contribution in [0.15, 0.2) is 72.8 Å². The first-order chi connectivity index (χ1) is 16.6. The van der Waals surface area contributed by atoms with Crippen molar-refractivity contribution < 1.29 is 19.1 Å². The monoisotopic (exact) mass is 457 g/mol. The van der Waals surface area contributed by atoms with E-state index in [1.54, 1.807) is 18.2 Å². The van der Waals surface area contributed by atoms with Crippen molar-refractivity contribution in [2.45, 2.75) is 18.6 Å². The van der Waals surface area contributed by atoms with Crippen molar-refractivity contribution in [1.29, 1.82) is 0 Å². The third-order valence-electron chi connectivity index (χ3n) is 6.35. The molecule has 0 spiro atoms. The van der Waals surface area contributed by atoms with Crippen molar-refractivity contribution in [3.8, 4) is 16.9 Å². The van der Waals surface area contributed by atoms with Crippen molar-refractivity contribution in [2.24, 2.45) is 0 Å². The van der Waals surface area contributed by atoms with Crippen molar-refractivity contribution in [3.05, 3.63) is 78.4 Å². The van der Waals surface area contributed by atoms with E-state index >= 15 is 0 Å². The zero-order valence-electron chi connectivity index (χ0n) is 19.0.